The number of unbranched alkanes of at least 4 members (excludes halogenated alkanes) is 2. The Morgan fingerprint density at radius 1 is 1.15 bits per heavy atom. The van der Waals surface area contributed by atoms with Gasteiger partial charge < -0.3 is 24.9 Å². The summed E-state index contributed by atoms with van der Waals surface area (Å²) in [6.45, 7) is 1.59. The molecule has 1 aromatic carbocycles. The number of ether oxygens (including phenoxy) is 3. The predicted molar refractivity (Wildman–Crippen MR) is 128 cm³/mol. The van der Waals surface area contributed by atoms with Gasteiger partial charge >= 0.3 is 5.97 Å². The first-order chi connectivity index (χ1) is 15.9. The van der Waals surface area contributed by atoms with Crippen LogP contribution in [0, 0.1) is 5.41 Å². The molecule has 0 saturated carbocycles. The summed E-state index contributed by atoms with van der Waals surface area (Å²) in [6.07, 6.45) is 4.06. The van der Waals surface area contributed by atoms with E-state index in [1.165, 1.54) is 7.11 Å². The van der Waals surface area contributed by atoms with E-state index in [4.69, 9.17) is 38.1 Å². The molecular weight excluding hydrogens is 471 g/mol. The second-order valence-corrected chi connectivity index (χ2v) is 7.89. The van der Waals surface area contributed by atoms with E-state index in [0.29, 0.717) is 54.1 Å². The minimum Gasteiger partial charge on any atom is -0.467 e. The van der Waals surface area contributed by atoms with Crippen LogP contribution in [0.5, 0.6) is 0 Å². The molecule has 0 saturated heterocycles. The molecule has 0 aliphatic carbocycles. The van der Waals surface area contributed by atoms with Crippen molar-refractivity contribution < 1.29 is 19.0 Å². The number of aromatic nitrogens is 2. The predicted octanol–water partition coefficient (Wildman–Crippen LogP) is 3.61. The highest BCUT2D eigenvalue weighted by molar-refractivity contribution is 6.42. The van der Waals surface area contributed by atoms with Gasteiger partial charge in [0, 0.05) is 24.9 Å². The number of rotatable bonds is 15. The molecule has 0 aliphatic rings. The number of nitrogens with zero attached hydrogens (tertiary/aromatic N) is 1. The lowest BCUT2D eigenvalue weighted by molar-refractivity contribution is -0.146. The highest BCUT2D eigenvalue weighted by Crippen LogP contribution is 2.22. The fourth-order valence-electron chi connectivity index (χ4n) is 2.91. The quantitative estimate of drug-likeness (QED) is 0.194. The van der Waals surface area contributed by atoms with E-state index in [9.17, 15) is 9.59 Å². The second-order valence-electron chi connectivity index (χ2n) is 7.08. The van der Waals surface area contributed by atoms with Crippen molar-refractivity contribution in [2.75, 3.05) is 38.9 Å². The number of methoxy groups -OCH3 is 1. The number of carbonyl (C=O) groups is 1. The summed E-state index contributed by atoms with van der Waals surface area (Å²) in [5.41, 5.74) is 1.44. The van der Waals surface area contributed by atoms with E-state index in [2.05, 4.69) is 20.0 Å². The molecule has 2 aromatic rings. The van der Waals surface area contributed by atoms with Crippen LogP contribution in [0.25, 0.3) is 0 Å². The normalized spacial score (nSPS) is 10.8. The van der Waals surface area contributed by atoms with Gasteiger partial charge in [0.2, 0.25) is 5.95 Å². The van der Waals surface area contributed by atoms with Gasteiger partial charge in [-0.1, -0.05) is 35.7 Å². The Kier molecular flexibility index (Phi) is 11.9. The Hall–Kier alpha value is -2.46. The monoisotopic (exact) mass is 498 g/mol. The van der Waals surface area contributed by atoms with E-state index in [1.54, 1.807) is 12.1 Å². The van der Waals surface area contributed by atoms with E-state index < -0.39 is 5.97 Å². The van der Waals surface area contributed by atoms with Gasteiger partial charge in [0.1, 0.15) is 6.61 Å². The van der Waals surface area contributed by atoms with Crippen molar-refractivity contribution in [3.63, 3.8) is 0 Å². The van der Waals surface area contributed by atoms with Gasteiger partial charge in [0.25, 0.3) is 5.56 Å². The lowest BCUT2D eigenvalue weighted by Crippen LogP contribution is -2.20. The minimum atomic E-state index is -0.418. The molecule has 0 fully saturated rings. The van der Waals surface area contributed by atoms with Crippen LogP contribution in [0.3, 0.4) is 0 Å². The molecule has 3 N–H and O–H groups in total. The van der Waals surface area contributed by atoms with Crippen LogP contribution in [-0.2, 0) is 32.0 Å². The van der Waals surface area contributed by atoms with Gasteiger partial charge in [-0.05, 0) is 37.0 Å². The van der Waals surface area contributed by atoms with Gasteiger partial charge in [-0.15, -0.1) is 0 Å². The Bertz CT molecular complexity index is 984. The molecule has 0 radical (unpaired) electrons. The van der Waals surface area contributed by atoms with Crippen LogP contribution in [0.2, 0.25) is 10.0 Å². The van der Waals surface area contributed by atoms with E-state index in [1.807, 2.05) is 6.07 Å². The number of nitrogens with one attached hydrogen (secondary N) is 3. The van der Waals surface area contributed by atoms with Crippen molar-refractivity contribution in [2.45, 2.75) is 32.2 Å². The third kappa shape index (κ3) is 9.51. The van der Waals surface area contributed by atoms with Crippen molar-refractivity contribution in [3.05, 3.63) is 55.4 Å². The molecule has 0 aliphatic heterocycles. The summed E-state index contributed by atoms with van der Waals surface area (Å²) in [5.74, 6) is -0.129. The summed E-state index contributed by atoms with van der Waals surface area (Å²) >= 11 is 11.9. The molecule has 0 unspecified atom stereocenters. The molecule has 1 heterocycles. The van der Waals surface area contributed by atoms with Crippen molar-refractivity contribution in [1.82, 2.24) is 9.97 Å². The fourth-order valence-corrected chi connectivity index (χ4v) is 3.23. The van der Waals surface area contributed by atoms with Gasteiger partial charge in [0.05, 0.1) is 36.1 Å². The Balaban J connectivity index is 1.73. The standard InChI is InChI=1S/C22H28Cl2N4O5/c1-31-20(29)14-33-10-9-32-8-4-2-3-5-16-19(12-25)27-22(28-21(16)30)26-13-15-6-7-17(23)18(24)11-15/h6-7,11-12,25H,2-5,8-10,13-14H2,1H3,(H2,26,27,28,30). The number of anilines is 1. The van der Waals surface area contributed by atoms with Crippen LogP contribution >= 0.6 is 23.2 Å². The zero-order valence-electron chi connectivity index (χ0n) is 18.4. The first kappa shape index (κ1) is 26.8. The first-order valence-electron chi connectivity index (χ1n) is 10.5. The van der Waals surface area contributed by atoms with E-state index in [-0.39, 0.29) is 18.1 Å². The van der Waals surface area contributed by atoms with Gasteiger partial charge in [-0.25, -0.2) is 9.78 Å². The molecule has 180 valence electrons. The molecular formula is C22H28Cl2N4O5. The largest absolute Gasteiger partial charge is 0.467 e. The maximum absolute atomic E-state index is 12.5. The summed E-state index contributed by atoms with van der Waals surface area (Å²) in [6, 6.07) is 5.26. The van der Waals surface area contributed by atoms with Crippen LogP contribution < -0.4 is 10.9 Å². The number of hydrogen-bond donors (Lipinski definition) is 3. The molecule has 9 nitrogen and oxygen atoms in total. The lowest BCUT2D eigenvalue weighted by Gasteiger charge is -2.10. The van der Waals surface area contributed by atoms with Gasteiger partial charge in [-0.3, -0.25) is 9.78 Å². The minimum absolute atomic E-state index is 0.0818. The van der Waals surface area contributed by atoms with Crippen molar-refractivity contribution >= 4 is 41.3 Å². The zero-order chi connectivity index (χ0) is 24.1. The van der Waals surface area contributed by atoms with Crippen LogP contribution in [0.15, 0.2) is 23.0 Å². The molecule has 1 aromatic heterocycles. The molecule has 11 heteroatoms. The van der Waals surface area contributed by atoms with Gasteiger partial charge in [-0.2, -0.15) is 0 Å². The van der Waals surface area contributed by atoms with E-state index in [0.717, 1.165) is 31.0 Å². The molecule has 0 amide bonds. The van der Waals surface area contributed by atoms with Crippen LogP contribution in [-0.4, -0.2) is 55.7 Å². The summed E-state index contributed by atoms with van der Waals surface area (Å²) in [5, 5.41) is 11.6. The number of benzene rings is 1. The third-order valence-corrected chi connectivity index (χ3v) is 5.40. The fraction of sp³-hybridized carbons (Fsp3) is 0.455. The average molecular weight is 499 g/mol. The first-order valence-corrected chi connectivity index (χ1v) is 11.2. The number of H-pyrrole nitrogens is 1. The number of hydrogen-bond acceptors (Lipinski definition) is 8. The van der Waals surface area contributed by atoms with Gasteiger partial charge in [0.15, 0.2) is 0 Å². The third-order valence-electron chi connectivity index (χ3n) is 4.66. The smallest absolute Gasteiger partial charge is 0.331 e. The average Bonchev–Trinajstić information content (AvgIpc) is 2.81. The Morgan fingerprint density at radius 2 is 1.94 bits per heavy atom. The Morgan fingerprint density at radius 3 is 2.67 bits per heavy atom. The highest BCUT2D eigenvalue weighted by atomic mass is 35.5. The molecule has 0 atom stereocenters. The van der Waals surface area contributed by atoms with Crippen molar-refractivity contribution in [3.8, 4) is 0 Å². The Labute approximate surface area is 202 Å². The number of esters is 1. The second kappa shape index (κ2) is 14.6. The number of halogens is 2. The maximum Gasteiger partial charge on any atom is 0.331 e. The van der Waals surface area contributed by atoms with Crippen LogP contribution in [0.1, 0.15) is 36.1 Å². The highest BCUT2D eigenvalue weighted by Gasteiger charge is 2.10. The summed E-state index contributed by atoms with van der Waals surface area (Å²) in [7, 11) is 1.31. The van der Waals surface area contributed by atoms with E-state index >= 15 is 0 Å². The molecule has 0 bridgehead atoms. The molecule has 33 heavy (non-hydrogen) atoms. The summed E-state index contributed by atoms with van der Waals surface area (Å²) < 4.78 is 15.0. The molecule has 2 rings (SSSR count). The summed E-state index contributed by atoms with van der Waals surface area (Å²) in [4.78, 5) is 30.5. The van der Waals surface area contributed by atoms with Crippen LogP contribution in [0.4, 0.5) is 5.95 Å². The zero-order valence-corrected chi connectivity index (χ0v) is 19.9. The van der Waals surface area contributed by atoms with Crippen molar-refractivity contribution in [2.24, 2.45) is 0 Å². The SMILES string of the molecule is COC(=O)COCCOCCCCCc1c(C=N)nc(NCc2ccc(Cl)c(Cl)c2)[nH]c1=O. The molecule has 0 spiro atoms. The number of aromatic amines is 1. The topological polar surface area (TPSA) is 126 Å². The number of carbonyl (C=O) groups excluding carboxylic acids is 1. The van der Waals surface area contributed by atoms with Crippen molar-refractivity contribution in [1.29, 1.82) is 5.41 Å². The maximum atomic E-state index is 12.5. The lowest BCUT2D eigenvalue weighted by atomic mass is 10.1.